The standard InChI is InChI=1S/C32H27N/c1-32(2,29-22-14-6-4-12-20(22)21-13-5-7-15-23(21)29)30-24-16-8-9-17-25(24)31-28(30)26-18-10-11-19-27(26)33(31)3/h4-19,29-30H,1-3H3. The summed E-state index contributed by atoms with van der Waals surface area (Å²) in [7, 11) is 2.23. The van der Waals surface area contributed by atoms with Crippen LogP contribution in [-0.4, -0.2) is 4.57 Å². The number of hydrogen-bond acceptors (Lipinski definition) is 0. The van der Waals surface area contributed by atoms with Crippen LogP contribution in [0, 0.1) is 5.41 Å². The highest BCUT2D eigenvalue weighted by molar-refractivity contribution is 5.97. The lowest BCUT2D eigenvalue weighted by atomic mass is 9.63. The van der Waals surface area contributed by atoms with E-state index in [1.807, 2.05) is 0 Å². The van der Waals surface area contributed by atoms with Gasteiger partial charge in [0.1, 0.15) is 0 Å². The van der Waals surface area contributed by atoms with Crippen LogP contribution in [0.3, 0.4) is 0 Å². The molecule has 33 heavy (non-hydrogen) atoms. The van der Waals surface area contributed by atoms with E-state index < -0.39 is 0 Å². The van der Waals surface area contributed by atoms with E-state index >= 15 is 0 Å². The molecule has 1 atom stereocenters. The van der Waals surface area contributed by atoms with E-state index in [1.165, 1.54) is 55.5 Å². The minimum Gasteiger partial charge on any atom is -0.343 e. The third kappa shape index (κ3) is 2.32. The minimum atomic E-state index is -0.0197. The average molecular weight is 426 g/mol. The van der Waals surface area contributed by atoms with Crippen molar-refractivity contribution in [2.45, 2.75) is 25.7 Å². The van der Waals surface area contributed by atoms with Gasteiger partial charge in [-0.3, -0.25) is 0 Å². The molecule has 4 aromatic carbocycles. The number of rotatable bonds is 2. The Kier molecular flexibility index (Phi) is 3.72. The maximum Gasteiger partial charge on any atom is 0.0530 e. The van der Waals surface area contributed by atoms with Gasteiger partial charge in [-0.1, -0.05) is 105 Å². The number of aryl methyl sites for hydroxylation is 1. The van der Waals surface area contributed by atoms with Gasteiger partial charge in [0.25, 0.3) is 0 Å². The van der Waals surface area contributed by atoms with Crippen molar-refractivity contribution >= 4 is 10.9 Å². The first-order valence-electron chi connectivity index (χ1n) is 11.9. The molecule has 1 heteroatoms. The molecule has 7 rings (SSSR count). The molecule has 2 aliphatic rings. The van der Waals surface area contributed by atoms with Gasteiger partial charge >= 0.3 is 0 Å². The molecule has 1 unspecified atom stereocenters. The second-order valence-corrected chi connectivity index (χ2v) is 10.3. The number of para-hydroxylation sites is 1. The molecule has 0 radical (unpaired) electrons. The van der Waals surface area contributed by atoms with Gasteiger partial charge in [0.15, 0.2) is 0 Å². The molecule has 1 aromatic heterocycles. The zero-order chi connectivity index (χ0) is 22.3. The van der Waals surface area contributed by atoms with Crippen molar-refractivity contribution in [2.24, 2.45) is 12.5 Å². The zero-order valence-corrected chi connectivity index (χ0v) is 19.3. The van der Waals surface area contributed by atoms with Crippen LogP contribution in [0.5, 0.6) is 0 Å². The van der Waals surface area contributed by atoms with Crippen LogP contribution in [-0.2, 0) is 7.05 Å². The summed E-state index contributed by atoms with van der Waals surface area (Å²) >= 11 is 0. The van der Waals surface area contributed by atoms with Gasteiger partial charge < -0.3 is 4.57 Å². The molecule has 160 valence electrons. The second kappa shape index (κ2) is 6.48. The molecule has 0 spiro atoms. The smallest absolute Gasteiger partial charge is 0.0530 e. The van der Waals surface area contributed by atoms with Crippen molar-refractivity contribution in [3.63, 3.8) is 0 Å². The van der Waals surface area contributed by atoms with Gasteiger partial charge in [0.05, 0.1) is 5.69 Å². The highest BCUT2D eigenvalue weighted by Gasteiger charge is 2.49. The summed E-state index contributed by atoms with van der Waals surface area (Å²) in [6.07, 6.45) is 0. The van der Waals surface area contributed by atoms with Crippen molar-refractivity contribution in [1.82, 2.24) is 4.57 Å². The molecule has 0 fully saturated rings. The van der Waals surface area contributed by atoms with Crippen LogP contribution < -0.4 is 0 Å². The Bertz CT molecular complexity index is 1520. The van der Waals surface area contributed by atoms with Crippen LogP contribution in [0.15, 0.2) is 97.1 Å². The van der Waals surface area contributed by atoms with Crippen LogP contribution in [0.4, 0.5) is 0 Å². The third-order valence-electron chi connectivity index (χ3n) is 8.28. The number of hydrogen-bond donors (Lipinski definition) is 0. The molecule has 0 bridgehead atoms. The first-order chi connectivity index (χ1) is 16.1. The summed E-state index contributed by atoms with van der Waals surface area (Å²) in [5.74, 6) is 0.659. The molecule has 0 amide bonds. The monoisotopic (exact) mass is 425 g/mol. The second-order valence-electron chi connectivity index (χ2n) is 10.3. The lowest BCUT2D eigenvalue weighted by Gasteiger charge is -2.40. The third-order valence-corrected chi connectivity index (χ3v) is 8.28. The summed E-state index contributed by atoms with van der Waals surface area (Å²) in [5.41, 5.74) is 12.8. The topological polar surface area (TPSA) is 4.93 Å². The zero-order valence-electron chi connectivity index (χ0n) is 19.3. The quantitative estimate of drug-likeness (QED) is 0.269. The van der Waals surface area contributed by atoms with Crippen molar-refractivity contribution in [3.8, 4) is 22.4 Å². The van der Waals surface area contributed by atoms with Gasteiger partial charge in [0.2, 0.25) is 0 Å². The molecule has 0 aliphatic heterocycles. The molecular weight excluding hydrogens is 398 g/mol. The average Bonchev–Trinajstić information content (AvgIpc) is 3.46. The lowest BCUT2D eigenvalue weighted by molar-refractivity contribution is 0.283. The van der Waals surface area contributed by atoms with Gasteiger partial charge in [-0.15, -0.1) is 0 Å². The largest absolute Gasteiger partial charge is 0.343 e. The Morgan fingerprint density at radius 2 is 1.06 bits per heavy atom. The first kappa shape index (κ1) is 18.9. The minimum absolute atomic E-state index is 0.0197. The van der Waals surface area contributed by atoms with Crippen molar-refractivity contribution in [2.75, 3.05) is 0 Å². The fraction of sp³-hybridized carbons (Fsp3) is 0.188. The molecule has 1 heterocycles. The maximum absolute atomic E-state index is 2.49. The van der Waals surface area contributed by atoms with Gasteiger partial charge in [0, 0.05) is 35.3 Å². The Balaban J connectivity index is 1.54. The maximum atomic E-state index is 2.49. The van der Waals surface area contributed by atoms with Gasteiger partial charge in [-0.25, -0.2) is 0 Å². The molecule has 0 N–H and O–H groups in total. The number of nitrogens with zero attached hydrogens (tertiary/aromatic N) is 1. The summed E-state index contributed by atoms with van der Waals surface area (Å²) in [5, 5.41) is 1.39. The van der Waals surface area contributed by atoms with E-state index in [4.69, 9.17) is 0 Å². The molecular formula is C32H27N. The Morgan fingerprint density at radius 1 is 0.576 bits per heavy atom. The van der Waals surface area contributed by atoms with E-state index in [-0.39, 0.29) is 5.41 Å². The molecule has 5 aromatic rings. The fourth-order valence-electron chi connectivity index (χ4n) is 7.06. The number of aromatic nitrogens is 1. The highest BCUT2D eigenvalue weighted by Crippen LogP contribution is 2.63. The summed E-state index contributed by atoms with van der Waals surface area (Å²) in [6.45, 7) is 4.99. The number of fused-ring (bicyclic) bond motifs is 8. The van der Waals surface area contributed by atoms with E-state index in [2.05, 4.69) is 123 Å². The van der Waals surface area contributed by atoms with E-state index in [9.17, 15) is 0 Å². The Hall–Kier alpha value is -3.58. The van der Waals surface area contributed by atoms with Crippen LogP contribution >= 0.6 is 0 Å². The summed E-state index contributed by atoms with van der Waals surface area (Å²) < 4.78 is 2.41. The molecule has 0 saturated heterocycles. The van der Waals surface area contributed by atoms with Crippen molar-refractivity contribution < 1.29 is 0 Å². The van der Waals surface area contributed by atoms with Gasteiger partial charge in [-0.05, 0) is 44.9 Å². The van der Waals surface area contributed by atoms with E-state index in [0.717, 1.165) is 0 Å². The normalized spacial score (nSPS) is 16.5. The molecule has 2 aliphatic carbocycles. The summed E-state index contributed by atoms with van der Waals surface area (Å²) in [4.78, 5) is 0. The van der Waals surface area contributed by atoms with Crippen molar-refractivity contribution in [1.29, 1.82) is 0 Å². The predicted molar refractivity (Wildman–Crippen MR) is 138 cm³/mol. The molecule has 0 saturated carbocycles. The van der Waals surface area contributed by atoms with Gasteiger partial charge in [-0.2, -0.15) is 0 Å². The van der Waals surface area contributed by atoms with E-state index in [0.29, 0.717) is 11.8 Å². The van der Waals surface area contributed by atoms with Crippen LogP contribution in [0.1, 0.15) is 47.9 Å². The predicted octanol–water partition coefficient (Wildman–Crippen LogP) is 8.13. The fourth-order valence-corrected chi connectivity index (χ4v) is 7.06. The van der Waals surface area contributed by atoms with Crippen LogP contribution in [0.2, 0.25) is 0 Å². The molecule has 1 nitrogen and oxygen atoms in total. The Labute approximate surface area is 195 Å². The number of benzene rings is 4. The summed E-state index contributed by atoms with van der Waals surface area (Å²) in [6, 6.07) is 36.1. The Morgan fingerprint density at radius 3 is 1.70 bits per heavy atom. The lowest BCUT2D eigenvalue weighted by Crippen LogP contribution is -2.29. The van der Waals surface area contributed by atoms with Crippen LogP contribution in [0.25, 0.3) is 33.3 Å². The first-order valence-corrected chi connectivity index (χ1v) is 11.9. The van der Waals surface area contributed by atoms with Crippen molar-refractivity contribution in [3.05, 3.63) is 119 Å². The highest BCUT2D eigenvalue weighted by atomic mass is 15.0. The van der Waals surface area contributed by atoms with E-state index in [1.54, 1.807) is 0 Å². The SMILES string of the molecule is Cn1c2c(c3ccccc31)C(C(C)(C)C1c3ccccc3-c3ccccc31)c1ccccc1-2.